The Balaban J connectivity index is 1.44. The number of nitrogens with one attached hydrogen (secondary N) is 2. The van der Waals surface area contributed by atoms with E-state index in [1.54, 1.807) is 35.1 Å². The zero-order valence-electron chi connectivity index (χ0n) is 23.3. The van der Waals surface area contributed by atoms with Crippen LogP contribution in [-0.2, 0) is 14.3 Å². The van der Waals surface area contributed by atoms with E-state index in [1.165, 1.54) is 25.6 Å². The van der Waals surface area contributed by atoms with E-state index in [0.717, 1.165) is 0 Å². The van der Waals surface area contributed by atoms with Gasteiger partial charge in [0.2, 0.25) is 5.95 Å². The average molecular weight is 576 g/mol. The largest absolute Gasteiger partial charge is 0.464 e. The molecule has 2 atom stereocenters. The number of methoxy groups -OCH3 is 2. The summed E-state index contributed by atoms with van der Waals surface area (Å²) in [5.74, 6) is -0.792. The highest BCUT2D eigenvalue weighted by molar-refractivity contribution is 5.92. The Bertz CT molecular complexity index is 1570. The molecule has 5 rings (SSSR count). The molecule has 2 N–H and O–H groups in total. The molecule has 218 valence electrons. The van der Waals surface area contributed by atoms with E-state index in [0.29, 0.717) is 53.6 Å². The second-order valence-electron chi connectivity index (χ2n) is 9.51. The number of anilines is 1. The summed E-state index contributed by atoms with van der Waals surface area (Å²) in [4.78, 5) is 39.3. The van der Waals surface area contributed by atoms with Crippen molar-refractivity contribution >= 4 is 17.8 Å². The number of rotatable bonds is 9. The first-order valence-electron chi connectivity index (χ1n) is 13.2. The second-order valence-corrected chi connectivity index (χ2v) is 9.51. The maximum absolute atomic E-state index is 13.9. The lowest BCUT2D eigenvalue weighted by Crippen LogP contribution is -2.42. The van der Waals surface area contributed by atoms with E-state index in [1.807, 2.05) is 37.3 Å². The SMILES string of the molecule is COCCN1C[C@@H](NC(=O)Nc2c(C)c(-c3ccnc(C(=O)OC)c3)nn2-c2ccccc2)[C@H](c2ccnc(F)c2)O1. The number of hydroxylamine groups is 2. The van der Waals surface area contributed by atoms with Gasteiger partial charge in [0.1, 0.15) is 17.6 Å². The number of halogens is 1. The summed E-state index contributed by atoms with van der Waals surface area (Å²) in [5.41, 5.74) is 3.21. The molecule has 3 aromatic heterocycles. The number of para-hydroxylation sites is 1. The van der Waals surface area contributed by atoms with Gasteiger partial charge in [-0.3, -0.25) is 10.2 Å². The van der Waals surface area contributed by atoms with Crippen molar-refractivity contribution in [2.75, 3.05) is 39.2 Å². The predicted molar refractivity (Wildman–Crippen MR) is 150 cm³/mol. The van der Waals surface area contributed by atoms with Crippen LogP contribution in [0.3, 0.4) is 0 Å². The Hall–Kier alpha value is -4.72. The topological polar surface area (TPSA) is 133 Å². The molecular formula is C29H30FN7O5. The maximum atomic E-state index is 13.9. The Morgan fingerprint density at radius 2 is 1.88 bits per heavy atom. The van der Waals surface area contributed by atoms with Crippen LogP contribution in [0.15, 0.2) is 67.0 Å². The van der Waals surface area contributed by atoms with Crippen LogP contribution < -0.4 is 10.6 Å². The smallest absolute Gasteiger partial charge is 0.356 e. The number of aromatic nitrogens is 4. The monoisotopic (exact) mass is 575 g/mol. The lowest BCUT2D eigenvalue weighted by atomic mass is 10.0. The van der Waals surface area contributed by atoms with E-state index in [9.17, 15) is 14.0 Å². The van der Waals surface area contributed by atoms with Crippen LogP contribution in [0.5, 0.6) is 0 Å². The maximum Gasteiger partial charge on any atom is 0.356 e. The third-order valence-corrected chi connectivity index (χ3v) is 6.75. The van der Waals surface area contributed by atoms with Gasteiger partial charge in [-0.05, 0) is 48.9 Å². The molecular weight excluding hydrogens is 545 g/mol. The fourth-order valence-electron chi connectivity index (χ4n) is 4.72. The molecule has 0 saturated carbocycles. The van der Waals surface area contributed by atoms with Crippen molar-refractivity contribution in [1.29, 1.82) is 0 Å². The first kappa shape index (κ1) is 28.8. The molecule has 0 unspecified atom stereocenters. The summed E-state index contributed by atoms with van der Waals surface area (Å²) in [7, 11) is 2.87. The van der Waals surface area contributed by atoms with E-state index < -0.39 is 30.1 Å². The number of hydrogen-bond acceptors (Lipinski definition) is 9. The van der Waals surface area contributed by atoms with Gasteiger partial charge in [-0.2, -0.15) is 14.6 Å². The van der Waals surface area contributed by atoms with Crippen LogP contribution in [0.2, 0.25) is 0 Å². The van der Waals surface area contributed by atoms with Gasteiger partial charge < -0.3 is 14.8 Å². The van der Waals surface area contributed by atoms with Crippen LogP contribution in [-0.4, -0.2) is 76.8 Å². The minimum absolute atomic E-state index is 0.133. The highest BCUT2D eigenvalue weighted by Crippen LogP contribution is 2.32. The first-order chi connectivity index (χ1) is 20.4. The fourth-order valence-corrected chi connectivity index (χ4v) is 4.72. The van der Waals surface area contributed by atoms with E-state index >= 15 is 0 Å². The summed E-state index contributed by atoms with van der Waals surface area (Å²) in [6.45, 7) is 3.05. The third-order valence-electron chi connectivity index (χ3n) is 6.75. The van der Waals surface area contributed by atoms with Crippen LogP contribution in [0.1, 0.15) is 27.7 Å². The number of amides is 2. The van der Waals surface area contributed by atoms with Gasteiger partial charge in [-0.15, -0.1) is 0 Å². The van der Waals surface area contributed by atoms with Crippen molar-refractivity contribution in [2.45, 2.75) is 19.1 Å². The van der Waals surface area contributed by atoms with Gasteiger partial charge in [0.05, 0.1) is 31.1 Å². The van der Waals surface area contributed by atoms with Crippen molar-refractivity contribution < 1.29 is 28.3 Å². The molecule has 0 spiro atoms. The third kappa shape index (κ3) is 6.28. The van der Waals surface area contributed by atoms with Gasteiger partial charge >= 0.3 is 12.0 Å². The molecule has 1 aliphatic rings. The second kappa shape index (κ2) is 12.9. The number of ether oxygens (including phenoxy) is 2. The predicted octanol–water partition coefficient (Wildman–Crippen LogP) is 3.69. The highest BCUT2D eigenvalue weighted by Gasteiger charge is 2.37. The van der Waals surface area contributed by atoms with Crippen molar-refractivity contribution in [3.05, 3.63) is 89.8 Å². The van der Waals surface area contributed by atoms with E-state index in [2.05, 4.69) is 20.6 Å². The number of benzene rings is 1. The average Bonchev–Trinajstić information content (AvgIpc) is 3.56. The van der Waals surface area contributed by atoms with Crippen molar-refractivity contribution in [3.8, 4) is 16.9 Å². The number of nitrogens with zero attached hydrogens (tertiary/aromatic N) is 5. The van der Waals surface area contributed by atoms with Gasteiger partial charge in [0.15, 0.2) is 0 Å². The first-order valence-corrected chi connectivity index (χ1v) is 13.2. The fraction of sp³-hybridized carbons (Fsp3) is 0.276. The highest BCUT2D eigenvalue weighted by atomic mass is 19.1. The lowest BCUT2D eigenvalue weighted by molar-refractivity contribution is -0.154. The molecule has 1 aromatic carbocycles. The standard InChI is InChI=1S/C29H30FN7O5/c1-18-25(19-9-11-31-22(15-19)28(38)41-3)35-37(21-7-5-4-6-8-21)27(18)34-29(39)33-23-17-36(13-14-40-2)42-26(23)20-10-12-32-24(30)16-20/h4-12,15-16,23,26H,13-14,17H2,1-3H3,(H2,33,34,39)/t23-,26+/m1/s1. The number of urea groups is 1. The molecule has 1 aliphatic heterocycles. The summed E-state index contributed by atoms with van der Waals surface area (Å²) in [6, 6.07) is 14.6. The number of hydrogen-bond donors (Lipinski definition) is 2. The molecule has 2 amide bonds. The van der Waals surface area contributed by atoms with E-state index in [4.69, 9.17) is 19.4 Å². The molecule has 0 radical (unpaired) electrons. The molecule has 0 bridgehead atoms. The summed E-state index contributed by atoms with van der Waals surface area (Å²) >= 11 is 0. The molecule has 4 aromatic rings. The van der Waals surface area contributed by atoms with Gasteiger partial charge in [-0.1, -0.05) is 18.2 Å². The van der Waals surface area contributed by atoms with Gasteiger partial charge in [-0.25, -0.2) is 24.2 Å². The van der Waals surface area contributed by atoms with Gasteiger partial charge in [0.25, 0.3) is 0 Å². The van der Waals surface area contributed by atoms with Crippen molar-refractivity contribution in [2.24, 2.45) is 0 Å². The molecule has 13 heteroatoms. The molecule has 1 fully saturated rings. The minimum Gasteiger partial charge on any atom is -0.464 e. The Labute approximate surface area is 241 Å². The molecule has 1 saturated heterocycles. The zero-order valence-corrected chi connectivity index (χ0v) is 23.3. The van der Waals surface area contributed by atoms with Crippen LogP contribution in [0, 0.1) is 12.9 Å². The molecule has 42 heavy (non-hydrogen) atoms. The molecule has 12 nitrogen and oxygen atoms in total. The minimum atomic E-state index is -0.644. The van der Waals surface area contributed by atoms with Crippen LogP contribution in [0.25, 0.3) is 16.9 Å². The Morgan fingerprint density at radius 1 is 1.10 bits per heavy atom. The zero-order chi connectivity index (χ0) is 29.6. The Morgan fingerprint density at radius 3 is 2.62 bits per heavy atom. The lowest BCUT2D eigenvalue weighted by Gasteiger charge is -2.19. The number of carbonyl (C=O) groups is 2. The van der Waals surface area contributed by atoms with Crippen LogP contribution in [0.4, 0.5) is 15.0 Å². The van der Waals surface area contributed by atoms with Crippen molar-refractivity contribution in [3.63, 3.8) is 0 Å². The quantitative estimate of drug-likeness (QED) is 0.226. The van der Waals surface area contributed by atoms with Crippen LogP contribution >= 0.6 is 0 Å². The normalized spacial score (nSPS) is 16.8. The number of esters is 1. The van der Waals surface area contributed by atoms with E-state index in [-0.39, 0.29) is 5.69 Å². The van der Waals surface area contributed by atoms with Crippen molar-refractivity contribution in [1.82, 2.24) is 30.1 Å². The number of carbonyl (C=O) groups excluding carboxylic acids is 2. The number of pyridine rings is 2. The Kier molecular flexibility index (Phi) is 8.81. The summed E-state index contributed by atoms with van der Waals surface area (Å²) < 4.78 is 25.5. The summed E-state index contributed by atoms with van der Waals surface area (Å²) in [6.07, 6.45) is 2.21. The van der Waals surface area contributed by atoms with Gasteiger partial charge in [0, 0.05) is 43.7 Å². The molecule has 0 aliphatic carbocycles. The summed E-state index contributed by atoms with van der Waals surface area (Å²) in [5, 5.41) is 12.4. The molecule has 4 heterocycles.